The van der Waals surface area contributed by atoms with Crippen LogP contribution in [0.4, 0.5) is 5.69 Å². The standard InChI is InChI=1S/C15H19ClN2O3.ClH/c16-12-1-3-13(4-2-12)17-14(19)7-10-18-8-5-11(6-9-18)15(20)21;/h1-4,11H,5-10H2,(H,17,19)(H,20,21);1H. The summed E-state index contributed by atoms with van der Waals surface area (Å²) >= 11 is 5.78. The molecule has 1 aromatic carbocycles. The number of carbonyl (C=O) groups excluding carboxylic acids is 1. The Hall–Kier alpha value is -1.30. The van der Waals surface area contributed by atoms with Crippen molar-refractivity contribution >= 4 is 41.6 Å². The maximum atomic E-state index is 11.8. The molecule has 5 nitrogen and oxygen atoms in total. The van der Waals surface area contributed by atoms with E-state index in [4.69, 9.17) is 16.7 Å². The van der Waals surface area contributed by atoms with Crippen LogP contribution in [0.5, 0.6) is 0 Å². The highest BCUT2D eigenvalue weighted by Gasteiger charge is 2.24. The second kappa shape index (κ2) is 8.98. The minimum atomic E-state index is -0.713. The molecule has 0 saturated carbocycles. The predicted molar refractivity (Wildman–Crippen MR) is 88.7 cm³/mol. The molecular formula is C15H20Cl2N2O3. The van der Waals surface area contributed by atoms with Gasteiger partial charge in [-0.2, -0.15) is 0 Å². The molecule has 1 aliphatic rings. The van der Waals surface area contributed by atoms with E-state index in [9.17, 15) is 9.59 Å². The zero-order valence-electron chi connectivity index (χ0n) is 12.1. The van der Waals surface area contributed by atoms with Gasteiger partial charge in [0.1, 0.15) is 0 Å². The van der Waals surface area contributed by atoms with Crippen molar-refractivity contribution in [2.75, 3.05) is 25.0 Å². The van der Waals surface area contributed by atoms with Gasteiger partial charge in [0, 0.05) is 23.7 Å². The number of aliphatic carboxylic acids is 1. The number of likely N-dealkylation sites (tertiary alicyclic amines) is 1. The Morgan fingerprint density at radius 3 is 2.36 bits per heavy atom. The number of piperidine rings is 1. The zero-order valence-corrected chi connectivity index (χ0v) is 13.7. The third-order valence-electron chi connectivity index (χ3n) is 3.72. The maximum absolute atomic E-state index is 11.8. The fourth-order valence-electron chi connectivity index (χ4n) is 2.42. The molecule has 0 bridgehead atoms. The normalized spacial score (nSPS) is 15.9. The molecule has 0 aromatic heterocycles. The van der Waals surface area contributed by atoms with Crippen LogP contribution in [0.15, 0.2) is 24.3 Å². The van der Waals surface area contributed by atoms with Crippen LogP contribution in [0, 0.1) is 5.92 Å². The van der Waals surface area contributed by atoms with Crippen LogP contribution < -0.4 is 5.32 Å². The van der Waals surface area contributed by atoms with Gasteiger partial charge in [-0.3, -0.25) is 9.59 Å². The minimum absolute atomic E-state index is 0. The molecule has 1 saturated heterocycles. The lowest BCUT2D eigenvalue weighted by Crippen LogP contribution is -2.37. The third kappa shape index (κ3) is 5.83. The monoisotopic (exact) mass is 346 g/mol. The summed E-state index contributed by atoms with van der Waals surface area (Å²) in [4.78, 5) is 24.8. The fraction of sp³-hybridized carbons (Fsp3) is 0.467. The van der Waals surface area contributed by atoms with E-state index in [0.29, 0.717) is 30.8 Å². The van der Waals surface area contributed by atoms with E-state index in [1.807, 2.05) is 0 Å². The highest BCUT2D eigenvalue weighted by molar-refractivity contribution is 6.30. The molecule has 2 N–H and O–H groups in total. The number of anilines is 1. The van der Waals surface area contributed by atoms with Crippen LogP contribution in [0.2, 0.25) is 5.02 Å². The quantitative estimate of drug-likeness (QED) is 0.859. The van der Waals surface area contributed by atoms with Crippen LogP contribution in [0.1, 0.15) is 19.3 Å². The molecule has 7 heteroatoms. The van der Waals surface area contributed by atoms with Gasteiger partial charge in [0.15, 0.2) is 0 Å². The highest BCUT2D eigenvalue weighted by Crippen LogP contribution is 2.17. The largest absolute Gasteiger partial charge is 0.481 e. The molecule has 0 spiro atoms. The van der Waals surface area contributed by atoms with Gasteiger partial charge in [-0.1, -0.05) is 11.6 Å². The number of carbonyl (C=O) groups is 2. The summed E-state index contributed by atoms with van der Waals surface area (Å²) in [6.07, 6.45) is 1.72. The lowest BCUT2D eigenvalue weighted by Gasteiger charge is -2.29. The fourth-order valence-corrected chi connectivity index (χ4v) is 2.55. The van der Waals surface area contributed by atoms with E-state index >= 15 is 0 Å². The Kier molecular flexibility index (Phi) is 7.65. The van der Waals surface area contributed by atoms with Crippen LogP contribution in [-0.2, 0) is 9.59 Å². The van der Waals surface area contributed by atoms with Gasteiger partial charge < -0.3 is 15.3 Å². The van der Waals surface area contributed by atoms with Crippen molar-refractivity contribution in [3.05, 3.63) is 29.3 Å². The third-order valence-corrected chi connectivity index (χ3v) is 3.97. The van der Waals surface area contributed by atoms with Crippen molar-refractivity contribution in [1.29, 1.82) is 0 Å². The topological polar surface area (TPSA) is 69.6 Å². The van der Waals surface area contributed by atoms with Gasteiger partial charge in [-0.05, 0) is 50.2 Å². The van der Waals surface area contributed by atoms with Crippen LogP contribution in [0.3, 0.4) is 0 Å². The predicted octanol–water partition coefficient (Wildman–Crippen LogP) is 2.89. The average Bonchev–Trinajstić information content (AvgIpc) is 2.48. The van der Waals surface area contributed by atoms with Crippen molar-refractivity contribution in [2.45, 2.75) is 19.3 Å². The van der Waals surface area contributed by atoms with Crippen molar-refractivity contribution in [1.82, 2.24) is 4.90 Å². The van der Waals surface area contributed by atoms with Crippen molar-refractivity contribution in [3.63, 3.8) is 0 Å². The molecule has 0 atom stereocenters. The SMILES string of the molecule is Cl.O=C(CCN1CCC(C(=O)O)CC1)Nc1ccc(Cl)cc1. The summed E-state index contributed by atoms with van der Waals surface area (Å²) in [6.45, 7) is 2.14. The first-order chi connectivity index (χ1) is 10.0. The number of nitrogens with zero attached hydrogens (tertiary/aromatic N) is 1. The molecule has 1 fully saturated rings. The number of rotatable bonds is 5. The molecule has 0 unspecified atom stereocenters. The molecule has 0 aliphatic carbocycles. The molecule has 1 aromatic rings. The van der Waals surface area contributed by atoms with Gasteiger partial charge in [0.25, 0.3) is 0 Å². The molecule has 2 rings (SSSR count). The van der Waals surface area contributed by atoms with Crippen molar-refractivity contribution in [3.8, 4) is 0 Å². The number of halogens is 2. The number of carboxylic acid groups (broad SMARTS) is 1. The van der Waals surface area contributed by atoms with E-state index < -0.39 is 5.97 Å². The van der Waals surface area contributed by atoms with Crippen LogP contribution >= 0.6 is 24.0 Å². The van der Waals surface area contributed by atoms with Gasteiger partial charge in [0.05, 0.1) is 5.92 Å². The summed E-state index contributed by atoms with van der Waals surface area (Å²) in [7, 11) is 0. The average molecular weight is 347 g/mol. The molecule has 22 heavy (non-hydrogen) atoms. The van der Waals surface area contributed by atoms with Gasteiger partial charge in [-0.15, -0.1) is 12.4 Å². The molecule has 122 valence electrons. The number of carboxylic acids is 1. The van der Waals surface area contributed by atoms with E-state index in [0.717, 1.165) is 18.8 Å². The van der Waals surface area contributed by atoms with Crippen LogP contribution in [-0.4, -0.2) is 41.5 Å². The molecule has 1 aliphatic heterocycles. The van der Waals surface area contributed by atoms with Crippen molar-refractivity contribution < 1.29 is 14.7 Å². The maximum Gasteiger partial charge on any atom is 0.306 e. The second-order valence-electron chi connectivity index (χ2n) is 5.26. The minimum Gasteiger partial charge on any atom is -0.481 e. The van der Waals surface area contributed by atoms with E-state index in [1.54, 1.807) is 24.3 Å². The molecule has 1 heterocycles. The van der Waals surface area contributed by atoms with Crippen molar-refractivity contribution in [2.24, 2.45) is 5.92 Å². The van der Waals surface area contributed by atoms with E-state index in [-0.39, 0.29) is 24.2 Å². The summed E-state index contributed by atoms with van der Waals surface area (Å²) in [6, 6.07) is 6.98. The lowest BCUT2D eigenvalue weighted by atomic mass is 9.97. The Morgan fingerprint density at radius 2 is 1.82 bits per heavy atom. The number of hydrogen-bond donors (Lipinski definition) is 2. The van der Waals surface area contributed by atoms with Crippen LogP contribution in [0.25, 0.3) is 0 Å². The highest BCUT2D eigenvalue weighted by atomic mass is 35.5. The summed E-state index contributed by atoms with van der Waals surface area (Å²) in [5.74, 6) is -0.989. The lowest BCUT2D eigenvalue weighted by molar-refractivity contribution is -0.143. The Labute approximate surface area is 141 Å². The first-order valence-corrected chi connectivity index (χ1v) is 7.43. The first kappa shape index (κ1) is 18.7. The summed E-state index contributed by atoms with van der Waals surface area (Å²) in [5.41, 5.74) is 0.731. The Morgan fingerprint density at radius 1 is 1.23 bits per heavy atom. The van der Waals surface area contributed by atoms with Gasteiger partial charge in [0.2, 0.25) is 5.91 Å². The Bertz CT molecular complexity index is 500. The number of hydrogen-bond acceptors (Lipinski definition) is 3. The first-order valence-electron chi connectivity index (χ1n) is 7.05. The van der Waals surface area contributed by atoms with E-state index in [1.165, 1.54) is 0 Å². The molecular weight excluding hydrogens is 327 g/mol. The van der Waals surface area contributed by atoms with E-state index in [2.05, 4.69) is 10.2 Å². The molecule has 0 radical (unpaired) electrons. The summed E-state index contributed by atoms with van der Waals surface area (Å²) < 4.78 is 0. The summed E-state index contributed by atoms with van der Waals surface area (Å²) in [5, 5.41) is 12.4. The number of benzene rings is 1. The number of amides is 1. The van der Waals surface area contributed by atoms with Gasteiger partial charge in [-0.25, -0.2) is 0 Å². The Balaban J connectivity index is 0.00000242. The second-order valence-corrected chi connectivity index (χ2v) is 5.70. The molecule has 1 amide bonds. The number of nitrogens with one attached hydrogen (secondary N) is 1. The smallest absolute Gasteiger partial charge is 0.306 e. The van der Waals surface area contributed by atoms with Gasteiger partial charge >= 0.3 is 5.97 Å². The zero-order chi connectivity index (χ0) is 15.2.